The number of benzene rings is 1. The van der Waals surface area contributed by atoms with Crippen molar-refractivity contribution in [3.05, 3.63) is 35.4 Å². The Bertz CT molecular complexity index is 376. The van der Waals surface area contributed by atoms with Crippen LogP contribution in [0.3, 0.4) is 0 Å². The zero-order valence-corrected chi connectivity index (χ0v) is 11.8. The van der Waals surface area contributed by atoms with Crippen molar-refractivity contribution >= 4 is 0 Å². The van der Waals surface area contributed by atoms with Crippen molar-refractivity contribution in [3.63, 3.8) is 0 Å². The summed E-state index contributed by atoms with van der Waals surface area (Å²) in [6, 6.07) is 9.64. The molecule has 1 aromatic rings. The Labute approximate surface area is 111 Å². The minimum absolute atomic E-state index is 0.727. The summed E-state index contributed by atoms with van der Waals surface area (Å²) in [6.07, 6.45) is 1.29. The molecule has 0 saturated carbocycles. The topological polar surface area (TPSA) is 18.5 Å². The van der Waals surface area contributed by atoms with E-state index in [9.17, 15) is 0 Å². The van der Waals surface area contributed by atoms with E-state index in [1.165, 1.54) is 30.6 Å². The molecule has 0 spiro atoms. The standard InChI is InChI=1S/C15H25N3/c1-16-10-13-5-4-6-14(9-13)11-18-8-7-15(12-18)17(2)3/h4-6,9,15-16H,7-8,10-12H2,1-3H3. The Morgan fingerprint density at radius 3 is 2.78 bits per heavy atom. The second-order valence-electron chi connectivity index (χ2n) is 5.49. The first kappa shape index (κ1) is 13.5. The van der Waals surface area contributed by atoms with Gasteiger partial charge in [0, 0.05) is 32.2 Å². The first-order valence-corrected chi connectivity index (χ1v) is 6.80. The van der Waals surface area contributed by atoms with Crippen molar-refractivity contribution in [2.45, 2.75) is 25.6 Å². The van der Waals surface area contributed by atoms with Gasteiger partial charge in [-0.25, -0.2) is 0 Å². The maximum atomic E-state index is 3.21. The number of likely N-dealkylation sites (N-methyl/N-ethyl adjacent to an activating group) is 1. The number of nitrogens with one attached hydrogen (secondary N) is 1. The second kappa shape index (κ2) is 6.32. The molecule has 3 nitrogen and oxygen atoms in total. The first-order chi connectivity index (χ1) is 8.69. The molecule has 2 rings (SSSR count). The van der Waals surface area contributed by atoms with Crippen molar-refractivity contribution < 1.29 is 0 Å². The zero-order valence-electron chi connectivity index (χ0n) is 11.8. The van der Waals surface area contributed by atoms with E-state index in [0.717, 1.165) is 19.1 Å². The van der Waals surface area contributed by atoms with Crippen LogP contribution >= 0.6 is 0 Å². The number of hydrogen-bond donors (Lipinski definition) is 1. The van der Waals surface area contributed by atoms with Gasteiger partial charge in [0.1, 0.15) is 0 Å². The Balaban J connectivity index is 1.92. The summed E-state index contributed by atoms with van der Waals surface area (Å²) in [5.41, 5.74) is 2.81. The Kier molecular flexibility index (Phi) is 4.75. The van der Waals surface area contributed by atoms with Crippen LogP contribution in [0.2, 0.25) is 0 Å². The second-order valence-corrected chi connectivity index (χ2v) is 5.49. The highest BCUT2D eigenvalue weighted by atomic mass is 15.2. The normalized spacial score (nSPS) is 20.8. The summed E-state index contributed by atoms with van der Waals surface area (Å²) in [5, 5.41) is 3.21. The fourth-order valence-electron chi connectivity index (χ4n) is 2.68. The molecule has 0 bridgehead atoms. The summed E-state index contributed by atoms with van der Waals surface area (Å²) in [6.45, 7) is 4.46. The van der Waals surface area contributed by atoms with Gasteiger partial charge in [-0.1, -0.05) is 24.3 Å². The third-order valence-electron chi connectivity index (χ3n) is 3.76. The molecule has 0 amide bonds. The predicted molar refractivity (Wildman–Crippen MR) is 76.6 cm³/mol. The predicted octanol–water partition coefficient (Wildman–Crippen LogP) is 1.54. The fraction of sp³-hybridized carbons (Fsp3) is 0.600. The monoisotopic (exact) mass is 247 g/mol. The molecule has 100 valence electrons. The summed E-state index contributed by atoms with van der Waals surface area (Å²) in [7, 11) is 6.36. The van der Waals surface area contributed by atoms with Crippen molar-refractivity contribution in [2.75, 3.05) is 34.2 Å². The average molecular weight is 247 g/mol. The Morgan fingerprint density at radius 2 is 2.11 bits per heavy atom. The summed E-state index contributed by atoms with van der Waals surface area (Å²) >= 11 is 0. The molecule has 18 heavy (non-hydrogen) atoms. The molecule has 1 N–H and O–H groups in total. The van der Waals surface area contributed by atoms with Gasteiger partial charge in [-0.15, -0.1) is 0 Å². The smallest absolute Gasteiger partial charge is 0.0234 e. The highest BCUT2D eigenvalue weighted by molar-refractivity contribution is 5.23. The van der Waals surface area contributed by atoms with E-state index in [0.29, 0.717) is 0 Å². The molecule has 1 atom stereocenters. The SMILES string of the molecule is CNCc1cccc(CN2CCC(N(C)C)C2)c1. The molecule has 3 heteroatoms. The van der Waals surface area contributed by atoms with Crippen LogP contribution in [0.5, 0.6) is 0 Å². The fourth-order valence-corrected chi connectivity index (χ4v) is 2.68. The summed E-state index contributed by atoms with van der Waals surface area (Å²) in [4.78, 5) is 4.90. The van der Waals surface area contributed by atoms with Crippen LogP contribution in [0.25, 0.3) is 0 Å². The Hall–Kier alpha value is -0.900. The lowest BCUT2D eigenvalue weighted by atomic mass is 10.1. The lowest BCUT2D eigenvalue weighted by Gasteiger charge is -2.20. The zero-order chi connectivity index (χ0) is 13.0. The van der Waals surface area contributed by atoms with Crippen LogP contribution in [0, 0.1) is 0 Å². The largest absolute Gasteiger partial charge is 0.316 e. The summed E-state index contributed by atoms with van der Waals surface area (Å²) < 4.78 is 0. The van der Waals surface area contributed by atoms with Gasteiger partial charge in [-0.3, -0.25) is 4.90 Å². The van der Waals surface area contributed by atoms with Gasteiger partial charge in [-0.2, -0.15) is 0 Å². The van der Waals surface area contributed by atoms with E-state index >= 15 is 0 Å². The van der Waals surface area contributed by atoms with Gasteiger partial charge >= 0.3 is 0 Å². The molecule has 1 aliphatic rings. The number of hydrogen-bond acceptors (Lipinski definition) is 3. The van der Waals surface area contributed by atoms with Crippen LogP contribution in [-0.2, 0) is 13.1 Å². The molecular weight excluding hydrogens is 222 g/mol. The molecule has 0 aromatic heterocycles. The molecule has 0 aliphatic carbocycles. The third-order valence-corrected chi connectivity index (χ3v) is 3.76. The maximum absolute atomic E-state index is 3.21. The third kappa shape index (κ3) is 3.55. The maximum Gasteiger partial charge on any atom is 0.0234 e. The van der Waals surface area contributed by atoms with Crippen molar-refractivity contribution in [2.24, 2.45) is 0 Å². The van der Waals surface area contributed by atoms with Gasteiger partial charge < -0.3 is 10.2 Å². The molecule has 1 fully saturated rings. The van der Waals surface area contributed by atoms with E-state index < -0.39 is 0 Å². The van der Waals surface area contributed by atoms with E-state index in [-0.39, 0.29) is 0 Å². The number of likely N-dealkylation sites (tertiary alicyclic amines) is 1. The highest BCUT2D eigenvalue weighted by Gasteiger charge is 2.23. The minimum Gasteiger partial charge on any atom is -0.316 e. The molecule has 1 aromatic carbocycles. The van der Waals surface area contributed by atoms with Gasteiger partial charge in [0.15, 0.2) is 0 Å². The molecule has 1 aliphatic heterocycles. The van der Waals surface area contributed by atoms with E-state index in [1.807, 2.05) is 7.05 Å². The summed E-state index contributed by atoms with van der Waals surface area (Å²) in [5.74, 6) is 0. The quantitative estimate of drug-likeness (QED) is 0.851. The molecule has 0 radical (unpaired) electrons. The molecule has 1 heterocycles. The van der Waals surface area contributed by atoms with Crippen molar-refractivity contribution in [1.29, 1.82) is 0 Å². The lowest BCUT2D eigenvalue weighted by Crippen LogP contribution is -2.31. The van der Waals surface area contributed by atoms with Gasteiger partial charge in [-0.05, 0) is 38.7 Å². The van der Waals surface area contributed by atoms with Gasteiger partial charge in [0.05, 0.1) is 0 Å². The van der Waals surface area contributed by atoms with Crippen LogP contribution in [-0.4, -0.2) is 50.1 Å². The van der Waals surface area contributed by atoms with Gasteiger partial charge in [0.25, 0.3) is 0 Å². The van der Waals surface area contributed by atoms with E-state index in [2.05, 4.69) is 53.5 Å². The van der Waals surface area contributed by atoms with E-state index in [4.69, 9.17) is 0 Å². The lowest BCUT2D eigenvalue weighted by molar-refractivity contribution is 0.264. The van der Waals surface area contributed by atoms with Crippen molar-refractivity contribution in [1.82, 2.24) is 15.1 Å². The highest BCUT2D eigenvalue weighted by Crippen LogP contribution is 2.16. The van der Waals surface area contributed by atoms with Crippen LogP contribution in [0.4, 0.5) is 0 Å². The van der Waals surface area contributed by atoms with Gasteiger partial charge in [0.2, 0.25) is 0 Å². The number of nitrogens with zero attached hydrogens (tertiary/aromatic N) is 2. The van der Waals surface area contributed by atoms with E-state index in [1.54, 1.807) is 0 Å². The minimum atomic E-state index is 0.727. The molecular formula is C15H25N3. The van der Waals surface area contributed by atoms with Crippen molar-refractivity contribution in [3.8, 4) is 0 Å². The first-order valence-electron chi connectivity index (χ1n) is 6.80. The van der Waals surface area contributed by atoms with Crippen LogP contribution in [0.1, 0.15) is 17.5 Å². The average Bonchev–Trinajstić information content (AvgIpc) is 2.78. The van der Waals surface area contributed by atoms with Crippen LogP contribution < -0.4 is 5.32 Å². The van der Waals surface area contributed by atoms with Crippen LogP contribution in [0.15, 0.2) is 24.3 Å². The Morgan fingerprint density at radius 1 is 1.33 bits per heavy atom. The molecule has 1 unspecified atom stereocenters. The molecule has 1 saturated heterocycles. The number of rotatable bonds is 5.